The van der Waals surface area contributed by atoms with Crippen molar-refractivity contribution < 1.29 is 33.5 Å². The summed E-state index contributed by atoms with van der Waals surface area (Å²) in [6.45, 7) is 5.59. The van der Waals surface area contributed by atoms with Gasteiger partial charge >= 0.3 is 12.1 Å². The Morgan fingerprint density at radius 2 is 1.64 bits per heavy atom. The molecule has 2 aromatic carbocycles. The molecule has 2 atom stereocenters. The van der Waals surface area contributed by atoms with Gasteiger partial charge in [0.05, 0.1) is 13.7 Å². The molecule has 0 bridgehead atoms. The molecule has 2 aromatic rings. The van der Waals surface area contributed by atoms with E-state index in [0.29, 0.717) is 29.9 Å². The topological polar surface area (TPSA) is 114 Å². The van der Waals surface area contributed by atoms with Crippen molar-refractivity contribution in [2.75, 3.05) is 19.4 Å². The Bertz CT molecular complexity index is 1400. The van der Waals surface area contributed by atoms with Crippen LogP contribution in [-0.4, -0.2) is 70.3 Å². The SMILES string of the molecule is CON1CC/C(=C\C2=C(C(=O)OC(c3ccccc3)c3ccccc3)N3C(=O)C(NC(=O)OC(C)(C)C)C3SC2)C1=O. The minimum Gasteiger partial charge on any atom is -0.448 e. The number of thioether (sulfide) groups is 1. The number of esters is 1. The van der Waals surface area contributed by atoms with Crippen molar-refractivity contribution >= 4 is 35.6 Å². The summed E-state index contributed by atoms with van der Waals surface area (Å²) in [7, 11) is 1.42. The summed E-state index contributed by atoms with van der Waals surface area (Å²) in [5.41, 5.74) is 1.81. The standard InChI is InChI=1S/C31H33N3O7S/c1-31(2,3)41-30(38)32-23-27(36)34-24(22(18-42-28(23)34)17-21-15-16-33(39-4)26(21)35)29(37)40-25(19-11-7-5-8-12-19)20-13-9-6-10-14-20/h5-14,17,23,25,28H,15-16,18H2,1-4H3,(H,32,38)/b21-17+. The van der Waals surface area contributed by atoms with Crippen molar-refractivity contribution in [3.05, 3.63) is 94.7 Å². The maximum absolute atomic E-state index is 14.0. The summed E-state index contributed by atoms with van der Waals surface area (Å²) in [4.78, 5) is 59.3. The number of ether oxygens (including phenoxy) is 2. The molecule has 11 heteroatoms. The first-order valence-corrected chi connectivity index (χ1v) is 14.7. The number of amides is 3. The largest absolute Gasteiger partial charge is 0.448 e. The van der Waals surface area contributed by atoms with E-state index in [2.05, 4.69) is 5.32 Å². The molecule has 3 aliphatic heterocycles. The zero-order chi connectivity index (χ0) is 30.0. The molecule has 0 radical (unpaired) electrons. The average Bonchev–Trinajstić information content (AvgIpc) is 3.32. The third-order valence-electron chi connectivity index (χ3n) is 6.95. The van der Waals surface area contributed by atoms with Crippen molar-refractivity contribution in [2.45, 2.75) is 50.3 Å². The molecule has 3 heterocycles. The van der Waals surface area contributed by atoms with Crippen LogP contribution in [0.25, 0.3) is 0 Å². The van der Waals surface area contributed by atoms with Gasteiger partial charge in [0.1, 0.15) is 22.7 Å². The molecule has 10 nitrogen and oxygen atoms in total. The van der Waals surface area contributed by atoms with Crippen molar-refractivity contribution in [1.29, 1.82) is 0 Å². The molecule has 2 saturated heterocycles. The van der Waals surface area contributed by atoms with E-state index in [9.17, 15) is 19.2 Å². The van der Waals surface area contributed by atoms with Gasteiger partial charge in [-0.2, -0.15) is 0 Å². The lowest BCUT2D eigenvalue weighted by atomic mass is 10.00. The number of β-lactam (4-membered cyclic amide) rings is 1. The number of nitrogens with one attached hydrogen (secondary N) is 1. The lowest BCUT2D eigenvalue weighted by molar-refractivity contribution is -0.164. The van der Waals surface area contributed by atoms with Crippen LogP contribution in [0.5, 0.6) is 0 Å². The van der Waals surface area contributed by atoms with Crippen LogP contribution in [0.1, 0.15) is 44.4 Å². The highest BCUT2D eigenvalue weighted by Gasteiger charge is 2.55. The molecule has 0 saturated carbocycles. The number of carbonyl (C=O) groups excluding carboxylic acids is 4. The van der Waals surface area contributed by atoms with E-state index in [1.807, 2.05) is 60.7 Å². The summed E-state index contributed by atoms with van der Waals surface area (Å²) in [6, 6.07) is 17.8. The normalized spacial score (nSPS) is 21.4. The number of fused-ring (bicyclic) bond motifs is 1. The molecule has 3 amide bonds. The predicted molar refractivity (Wildman–Crippen MR) is 156 cm³/mol. The highest BCUT2D eigenvalue weighted by molar-refractivity contribution is 8.00. The van der Waals surface area contributed by atoms with Crippen molar-refractivity contribution in [3.63, 3.8) is 0 Å². The molecule has 3 aliphatic rings. The van der Waals surface area contributed by atoms with Crippen LogP contribution in [0.2, 0.25) is 0 Å². The van der Waals surface area contributed by atoms with E-state index in [-0.39, 0.29) is 11.6 Å². The number of hydroxylamine groups is 2. The smallest absolute Gasteiger partial charge is 0.408 e. The van der Waals surface area contributed by atoms with Crippen molar-refractivity contribution in [1.82, 2.24) is 15.3 Å². The molecule has 1 N–H and O–H groups in total. The molecule has 0 aromatic heterocycles. The fourth-order valence-corrected chi connectivity index (χ4v) is 6.34. The van der Waals surface area contributed by atoms with Crippen LogP contribution < -0.4 is 5.32 Å². The number of carbonyl (C=O) groups is 4. The molecule has 42 heavy (non-hydrogen) atoms. The molecule has 5 rings (SSSR count). The first-order chi connectivity index (χ1) is 20.1. The average molecular weight is 592 g/mol. The highest BCUT2D eigenvalue weighted by atomic mass is 32.2. The minimum absolute atomic E-state index is 0.0546. The summed E-state index contributed by atoms with van der Waals surface area (Å²) in [5.74, 6) is -1.15. The van der Waals surface area contributed by atoms with E-state index < -0.39 is 41.1 Å². The van der Waals surface area contributed by atoms with Gasteiger partial charge in [0.25, 0.3) is 11.8 Å². The Hall–Kier alpha value is -4.09. The highest BCUT2D eigenvalue weighted by Crippen LogP contribution is 2.42. The maximum Gasteiger partial charge on any atom is 0.408 e. The van der Waals surface area contributed by atoms with Crippen LogP contribution in [-0.2, 0) is 28.7 Å². The number of rotatable bonds is 7. The molecule has 2 unspecified atom stereocenters. The van der Waals surface area contributed by atoms with E-state index in [1.54, 1.807) is 26.8 Å². The second-order valence-electron chi connectivity index (χ2n) is 11.0. The maximum atomic E-state index is 14.0. The molecular weight excluding hydrogens is 558 g/mol. The van der Waals surface area contributed by atoms with Crippen molar-refractivity contribution in [3.8, 4) is 0 Å². The second kappa shape index (κ2) is 12.0. The molecule has 220 valence electrons. The Morgan fingerprint density at radius 1 is 1.02 bits per heavy atom. The molecular formula is C31H33N3O7S. The van der Waals surface area contributed by atoms with E-state index >= 15 is 0 Å². The van der Waals surface area contributed by atoms with Crippen LogP contribution in [0.15, 0.2) is 83.6 Å². The zero-order valence-corrected chi connectivity index (χ0v) is 24.7. The fraction of sp³-hybridized carbons (Fsp3) is 0.355. The third-order valence-corrected chi connectivity index (χ3v) is 8.25. The van der Waals surface area contributed by atoms with Crippen molar-refractivity contribution in [2.24, 2.45) is 0 Å². The van der Waals surface area contributed by atoms with E-state index in [1.165, 1.54) is 28.8 Å². The fourth-order valence-electron chi connectivity index (χ4n) is 5.03. The van der Waals surface area contributed by atoms with Gasteiger partial charge < -0.3 is 14.8 Å². The van der Waals surface area contributed by atoms with Crippen LogP contribution in [0, 0.1) is 0 Å². The summed E-state index contributed by atoms with van der Waals surface area (Å²) >= 11 is 1.39. The molecule has 2 fully saturated rings. The van der Waals surface area contributed by atoms with Gasteiger partial charge in [0.15, 0.2) is 6.10 Å². The predicted octanol–water partition coefficient (Wildman–Crippen LogP) is 4.10. The summed E-state index contributed by atoms with van der Waals surface area (Å²) in [5, 5.41) is 3.35. The minimum atomic E-state index is -0.877. The summed E-state index contributed by atoms with van der Waals surface area (Å²) in [6.07, 6.45) is 0.633. The lowest BCUT2D eigenvalue weighted by Crippen LogP contribution is -2.70. The van der Waals surface area contributed by atoms with Gasteiger partial charge in [0.2, 0.25) is 0 Å². The van der Waals surface area contributed by atoms with Gasteiger partial charge in [-0.1, -0.05) is 60.7 Å². The molecule has 0 aliphatic carbocycles. The Morgan fingerprint density at radius 3 is 2.19 bits per heavy atom. The van der Waals surface area contributed by atoms with Crippen LogP contribution in [0.4, 0.5) is 4.79 Å². The van der Waals surface area contributed by atoms with Gasteiger partial charge in [-0.05, 0) is 50.0 Å². The number of hydrogen-bond donors (Lipinski definition) is 1. The Balaban J connectivity index is 1.49. The quantitative estimate of drug-likeness (QED) is 0.291. The van der Waals surface area contributed by atoms with E-state index in [4.69, 9.17) is 14.3 Å². The molecule has 0 spiro atoms. The Kier molecular flexibility index (Phi) is 8.42. The monoisotopic (exact) mass is 591 g/mol. The van der Waals surface area contributed by atoms with Crippen LogP contribution in [0.3, 0.4) is 0 Å². The van der Waals surface area contributed by atoms with Gasteiger partial charge in [-0.3, -0.25) is 19.3 Å². The first kappa shape index (κ1) is 29.4. The summed E-state index contributed by atoms with van der Waals surface area (Å²) < 4.78 is 11.5. The third kappa shape index (κ3) is 6.07. The first-order valence-electron chi connectivity index (χ1n) is 13.6. The number of alkyl carbamates (subject to hydrolysis) is 1. The number of benzene rings is 2. The zero-order valence-electron chi connectivity index (χ0n) is 23.9. The number of nitrogens with zero attached hydrogens (tertiary/aromatic N) is 2. The van der Waals surface area contributed by atoms with Gasteiger partial charge in [-0.25, -0.2) is 14.7 Å². The van der Waals surface area contributed by atoms with E-state index in [0.717, 1.165) is 11.1 Å². The number of hydrogen-bond acceptors (Lipinski definition) is 8. The van der Waals surface area contributed by atoms with Crippen LogP contribution >= 0.6 is 11.8 Å². The van der Waals surface area contributed by atoms with Gasteiger partial charge in [0, 0.05) is 11.3 Å². The lowest BCUT2D eigenvalue weighted by Gasteiger charge is -2.49. The van der Waals surface area contributed by atoms with Gasteiger partial charge in [-0.15, -0.1) is 11.8 Å². The second-order valence-corrected chi connectivity index (χ2v) is 12.1. The Labute approximate surface area is 248 Å². The number of allylic oxidation sites excluding steroid dienone is 1.